The Bertz CT molecular complexity index is 803. The van der Waals surface area contributed by atoms with Crippen LogP contribution in [0, 0.1) is 12.8 Å². The first-order valence-corrected chi connectivity index (χ1v) is 9.63. The van der Waals surface area contributed by atoms with Crippen LogP contribution in [0.5, 0.6) is 0 Å². The maximum absolute atomic E-state index is 12.4. The van der Waals surface area contributed by atoms with Gasteiger partial charge in [-0.15, -0.1) is 22.7 Å². The molecule has 6 heteroatoms. The fraction of sp³-hybridized carbons (Fsp3) is 0.333. The maximum Gasteiger partial charge on any atom is 0.226 e. The van der Waals surface area contributed by atoms with Gasteiger partial charge in [0.15, 0.2) is 10.8 Å². The van der Waals surface area contributed by atoms with Crippen molar-refractivity contribution in [2.75, 3.05) is 0 Å². The van der Waals surface area contributed by atoms with Crippen molar-refractivity contribution in [1.29, 1.82) is 0 Å². The van der Waals surface area contributed by atoms with Crippen molar-refractivity contribution in [2.24, 2.45) is 5.92 Å². The minimum atomic E-state index is -0.00502. The fourth-order valence-electron chi connectivity index (χ4n) is 2.47. The number of rotatable bonds is 6. The Morgan fingerprint density at radius 1 is 1.29 bits per heavy atom. The van der Waals surface area contributed by atoms with Crippen LogP contribution in [0.25, 0.3) is 10.8 Å². The third-order valence-corrected chi connectivity index (χ3v) is 5.54. The van der Waals surface area contributed by atoms with Crippen molar-refractivity contribution in [3.8, 4) is 10.8 Å². The lowest BCUT2D eigenvalue weighted by Gasteiger charge is -2.21. The van der Waals surface area contributed by atoms with Crippen LogP contribution in [0.1, 0.15) is 36.2 Å². The highest BCUT2D eigenvalue weighted by atomic mass is 32.1. The number of amides is 1. The molecule has 0 aliphatic rings. The number of furan rings is 1. The summed E-state index contributed by atoms with van der Waals surface area (Å²) in [6, 6.07) is 7.94. The number of aromatic nitrogens is 1. The number of thiazole rings is 1. The number of hydrogen-bond acceptors (Lipinski definition) is 5. The number of thiophene rings is 1. The van der Waals surface area contributed by atoms with Crippen LogP contribution < -0.4 is 5.32 Å². The van der Waals surface area contributed by atoms with Crippen LogP contribution in [0.4, 0.5) is 0 Å². The topological polar surface area (TPSA) is 55.1 Å². The molecule has 0 bridgehead atoms. The number of nitrogens with one attached hydrogen (secondary N) is 1. The highest BCUT2D eigenvalue weighted by Crippen LogP contribution is 2.27. The zero-order valence-corrected chi connectivity index (χ0v) is 15.5. The summed E-state index contributed by atoms with van der Waals surface area (Å²) in [5, 5.41) is 7.90. The van der Waals surface area contributed by atoms with Crippen molar-refractivity contribution in [2.45, 2.75) is 33.2 Å². The normalized spacial score (nSPS) is 12.5. The Hall–Kier alpha value is -1.92. The van der Waals surface area contributed by atoms with Gasteiger partial charge in [-0.2, -0.15) is 0 Å². The molecule has 3 heterocycles. The second kappa shape index (κ2) is 7.32. The van der Waals surface area contributed by atoms with Gasteiger partial charge < -0.3 is 9.73 Å². The molecule has 1 unspecified atom stereocenters. The number of nitrogens with zero attached hydrogens (tertiary/aromatic N) is 1. The molecule has 0 aliphatic carbocycles. The standard InChI is InChI=1S/C18H20N2O2S2/c1-11(2)17(15-5-4-8-23-15)20-16(21)9-13-10-24-18(19-13)14-7-6-12(3)22-14/h4-8,10-11,17H,9H2,1-3H3,(H,20,21). The molecule has 0 saturated carbocycles. The van der Waals surface area contributed by atoms with Crippen LogP contribution in [0.3, 0.4) is 0 Å². The van der Waals surface area contributed by atoms with Gasteiger partial charge >= 0.3 is 0 Å². The van der Waals surface area contributed by atoms with E-state index in [2.05, 4.69) is 30.2 Å². The zero-order chi connectivity index (χ0) is 17.1. The molecule has 3 aromatic heterocycles. The van der Waals surface area contributed by atoms with Gasteiger partial charge in [0.2, 0.25) is 5.91 Å². The summed E-state index contributed by atoms with van der Waals surface area (Å²) < 4.78 is 5.58. The smallest absolute Gasteiger partial charge is 0.226 e. The predicted molar refractivity (Wildman–Crippen MR) is 98.3 cm³/mol. The summed E-state index contributed by atoms with van der Waals surface area (Å²) in [6.07, 6.45) is 0.283. The van der Waals surface area contributed by atoms with Gasteiger partial charge in [-0.25, -0.2) is 4.98 Å². The quantitative estimate of drug-likeness (QED) is 0.685. The average molecular weight is 361 g/mol. The SMILES string of the molecule is Cc1ccc(-c2nc(CC(=O)NC(c3cccs3)C(C)C)cs2)o1. The first-order valence-electron chi connectivity index (χ1n) is 7.87. The molecule has 0 radical (unpaired) electrons. The summed E-state index contributed by atoms with van der Waals surface area (Å²) in [5.74, 6) is 1.94. The molecule has 0 fully saturated rings. The van der Waals surface area contributed by atoms with E-state index in [0.29, 0.717) is 5.92 Å². The van der Waals surface area contributed by atoms with E-state index in [4.69, 9.17) is 4.42 Å². The molecule has 24 heavy (non-hydrogen) atoms. The Morgan fingerprint density at radius 3 is 2.75 bits per heavy atom. The highest BCUT2D eigenvalue weighted by Gasteiger charge is 2.20. The van der Waals surface area contributed by atoms with Gasteiger partial charge in [0.1, 0.15) is 5.76 Å². The van der Waals surface area contributed by atoms with Gasteiger partial charge in [0, 0.05) is 10.3 Å². The van der Waals surface area contributed by atoms with E-state index in [0.717, 1.165) is 22.2 Å². The largest absolute Gasteiger partial charge is 0.459 e. The van der Waals surface area contributed by atoms with E-state index < -0.39 is 0 Å². The minimum Gasteiger partial charge on any atom is -0.459 e. The molecule has 126 valence electrons. The first kappa shape index (κ1) is 16.9. The maximum atomic E-state index is 12.4. The Balaban J connectivity index is 1.65. The molecule has 3 aromatic rings. The molecule has 0 saturated heterocycles. The highest BCUT2D eigenvalue weighted by molar-refractivity contribution is 7.13. The Morgan fingerprint density at radius 2 is 2.12 bits per heavy atom. The van der Waals surface area contributed by atoms with Gasteiger partial charge in [-0.1, -0.05) is 19.9 Å². The monoisotopic (exact) mass is 360 g/mol. The van der Waals surface area contributed by atoms with Gasteiger partial charge in [0.05, 0.1) is 18.2 Å². The van der Waals surface area contributed by atoms with Crippen LogP contribution in [-0.2, 0) is 11.2 Å². The van der Waals surface area contributed by atoms with E-state index in [1.807, 2.05) is 35.9 Å². The van der Waals surface area contributed by atoms with E-state index in [9.17, 15) is 4.79 Å². The van der Waals surface area contributed by atoms with Crippen molar-refractivity contribution >= 4 is 28.6 Å². The Kier molecular flexibility index (Phi) is 5.16. The van der Waals surface area contributed by atoms with Gasteiger partial charge in [-0.05, 0) is 36.4 Å². The van der Waals surface area contributed by atoms with Crippen molar-refractivity contribution < 1.29 is 9.21 Å². The van der Waals surface area contributed by atoms with Crippen LogP contribution in [0.2, 0.25) is 0 Å². The van der Waals surface area contributed by atoms with Crippen molar-refractivity contribution in [3.05, 3.63) is 51.4 Å². The van der Waals surface area contributed by atoms with Crippen molar-refractivity contribution in [1.82, 2.24) is 10.3 Å². The minimum absolute atomic E-state index is 0.00502. The van der Waals surface area contributed by atoms with E-state index in [1.54, 1.807) is 11.3 Å². The number of carbonyl (C=O) groups excluding carboxylic acids is 1. The summed E-state index contributed by atoms with van der Waals surface area (Å²) >= 11 is 3.17. The summed E-state index contributed by atoms with van der Waals surface area (Å²) in [6.45, 7) is 6.14. The molecular weight excluding hydrogens is 340 g/mol. The molecule has 0 spiro atoms. The number of hydrogen-bond donors (Lipinski definition) is 1. The zero-order valence-electron chi connectivity index (χ0n) is 13.9. The van der Waals surface area contributed by atoms with Gasteiger partial charge in [0.25, 0.3) is 0 Å². The van der Waals surface area contributed by atoms with Crippen LogP contribution in [0.15, 0.2) is 39.4 Å². The van der Waals surface area contributed by atoms with Crippen LogP contribution in [-0.4, -0.2) is 10.9 Å². The van der Waals surface area contributed by atoms with Crippen molar-refractivity contribution in [3.63, 3.8) is 0 Å². The van der Waals surface area contributed by atoms with E-state index >= 15 is 0 Å². The molecule has 1 amide bonds. The lowest BCUT2D eigenvalue weighted by atomic mass is 10.0. The molecule has 0 aromatic carbocycles. The summed E-state index contributed by atoms with van der Waals surface area (Å²) in [7, 11) is 0. The molecule has 1 N–H and O–H groups in total. The summed E-state index contributed by atoms with van der Waals surface area (Å²) in [5.41, 5.74) is 0.773. The Labute approximate surface area is 149 Å². The first-order chi connectivity index (χ1) is 11.5. The number of aryl methyl sites for hydroxylation is 1. The third-order valence-electron chi connectivity index (χ3n) is 3.68. The second-order valence-electron chi connectivity index (χ2n) is 6.04. The fourth-order valence-corrected chi connectivity index (χ4v) is 4.20. The van der Waals surface area contributed by atoms with E-state index in [1.165, 1.54) is 16.2 Å². The molecule has 3 rings (SSSR count). The molecule has 0 aliphatic heterocycles. The number of carbonyl (C=O) groups is 1. The molecule has 4 nitrogen and oxygen atoms in total. The predicted octanol–water partition coefficient (Wildman–Crippen LogP) is 4.83. The van der Waals surface area contributed by atoms with E-state index in [-0.39, 0.29) is 18.4 Å². The summed E-state index contributed by atoms with van der Waals surface area (Å²) in [4.78, 5) is 18.1. The van der Waals surface area contributed by atoms with Gasteiger partial charge in [-0.3, -0.25) is 4.79 Å². The second-order valence-corrected chi connectivity index (χ2v) is 7.87. The molecular formula is C18H20N2O2S2. The lowest BCUT2D eigenvalue weighted by Crippen LogP contribution is -2.32. The van der Waals surface area contributed by atoms with Crippen LogP contribution >= 0.6 is 22.7 Å². The third kappa shape index (κ3) is 3.94. The molecule has 1 atom stereocenters. The average Bonchev–Trinajstić information content (AvgIpc) is 3.25. The lowest BCUT2D eigenvalue weighted by molar-refractivity contribution is -0.121.